The van der Waals surface area contributed by atoms with Crippen molar-refractivity contribution < 1.29 is 19.6 Å². The molecule has 0 radical (unpaired) electrons. The van der Waals surface area contributed by atoms with E-state index in [-0.39, 0.29) is 18.3 Å². The van der Waals surface area contributed by atoms with Gasteiger partial charge in [0.05, 0.1) is 43.6 Å². The third-order valence-electron chi connectivity index (χ3n) is 5.50. The molecule has 154 valence electrons. The molecule has 0 bridgehead atoms. The summed E-state index contributed by atoms with van der Waals surface area (Å²) < 4.78 is 12.6. The Labute approximate surface area is 177 Å². The van der Waals surface area contributed by atoms with Crippen LogP contribution in [-0.2, 0) is 6.54 Å². The van der Waals surface area contributed by atoms with Gasteiger partial charge in [-0.2, -0.15) is 0 Å². The summed E-state index contributed by atoms with van der Waals surface area (Å²) in [5.74, 6) is 1.34. The number of quaternary nitrogens is 1. The van der Waals surface area contributed by atoms with Gasteiger partial charge in [0.2, 0.25) is 6.79 Å². The first-order valence-electron chi connectivity index (χ1n) is 9.86. The summed E-state index contributed by atoms with van der Waals surface area (Å²) in [4.78, 5) is 30.8. The first-order chi connectivity index (χ1) is 14.6. The molecule has 5 rings (SSSR count). The molecular weight excluding hydrogens is 404 g/mol. The number of carbonyl (C=O) groups is 1. The number of fused-ring (bicyclic) bond motifs is 2. The number of nitrogens with two attached hydrogens (primary N) is 1. The predicted octanol–water partition coefficient (Wildman–Crippen LogP) is 0.855. The predicted molar refractivity (Wildman–Crippen MR) is 113 cm³/mol. The minimum Gasteiger partial charge on any atom is -0.454 e. The lowest BCUT2D eigenvalue weighted by atomic mass is 10.1. The van der Waals surface area contributed by atoms with Crippen LogP contribution < -0.4 is 20.3 Å². The van der Waals surface area contributed by atoms with Crippen molar-refractivity contribution in [2.45, 2.75) is 6.54 Å². The number of H-pyrrole nitrogens is 1. The van der Waals surface area contributed by atoms with Gasteiger partial charge in [0.25, 0.3) is 11.5 Å². The van der Waals surface area contributed by atoms with E-state index in [1.165, 1.54) is 4.57 Å². The van der Waals surface area contributed by atoms with Crippen LogP contribution in [0.4, 0.5) is 0 Å². The van der Waals surface area contributed by atoms with Gasteiger partial charge >= 0.3 is 0 Å². The maximum absolute atomic E-state index is 13.1. The highest BCUT2D eigenvalue weighted by molar-refractivity contribution is 7.71. The third kappa shape index (κ3) is 3.35. The summed E-state index contributed by atoms with van der Waals surface area (Å²) in [7, 11) is 0. The number of ether oxygens (including phenoxy) is 2. The number of hydrogen-bond acceptors (Lipinski definition) is 5. The van der Waals surface area contributed by atoms with E-state index in [9.17, 15) is 9.59 Å². The van der Waals surface area contributed by atoms with Gasteiger partial charge in [-0.3, -0.25) is 14.2 Å². The van der Waals surface area contributed by atoms with Crippen molar-refractivity contribution in [1.29, 1.82) is 0 Å². The SMILES string of the molecule is O=C(c1ccc2c(=O)n(Cc3ccc4c(c3)OCO4)c(=S)[nH]c2c1)N1CC[NH2+]CC1. The molecule has 3 N–H and O–H groups in total. The largest absolute Gasteiger partial charge is 0.454 e. The Hall–Kier alpha value is -3.17. The summed E-state index contributed by atoms with van der Waals surface area (Å²) in [5.41, 5.74) is 1.82. The highest BCUT2D eigenvalue weighted by Gasteiger charge is 2.20. The zero-order valence-corrected chi connectivity index (χ0v) is 17.0. The molecular formula is C21H21N4O4S+. The molecule has 1 fully saturated rings. The normalized spacial score (nSPS) is 15.5. The fourth-order valence-electron chi connectivity index (χ4n) is 3.89. The zero-order valence-electron chi connectivity index (χ0n) is 16.2. The molecule has 1 saturated heterocycles. The molecule has 30 heavy (non-hydrogen) atoms. The Bertz CT molecular complexity index is 1260. The lowest BCUT2D eigenvalue weighted by Gasteiger charge is -2.25. The van der Waals surface area contributed by atoms with E-state index >= 15 is 0 Å². The Balaban J connectivity index is 1.48. The molecule has 1 amide bonds. The van der Waals surface area contributed by atoms with E-state index in [1.54, 1.807) is 18.2 Å². The van der Waals surface area contributed by atoms with Gasteiger partial charge in [0.1, 0.15) is 0 Å². The second-order valence-corrected chi connectivity index (χ2v) is 7.81. The van der Waals surface area contributed by atoms with E-state index in [1.807, 2.05) is 23.1 Å². The van der Waals surface area contributed by atoms with Crippen LogP contribution in [0.5, 0.6) is 11.5 Å². The Morgan fingerprint density at radius 2 is 1.90 bits per heavy atom. The summed E-state index contributed by atoms with van der Waals surface area (Å²) >= 11 is 5.45. The van der Waals surface area contributed by atoms with Crippen LogP contribution in [0.1, 0.15) is 15.9 Å². The van der Waals surface area contributed by atoms with Crippen LogP contribution in [0.2, 0.25) is 0 Å². The number of hydrogen-bond donors (Lipinski definition) is 2. The highest BCUT2D eigenvalue weighted by atomic mass is 32.1. The Morgan fingerprint density at radius 1 is 1.10 bits per heavy atom. The summed E-state index contributed by atoms with van der Waals surface area (Å²) in [6.07, 6.45) is 0. The number of nitrogens with zero attached hydrogens (tertiary/aromatic N) is 2. The number of aromatic amines is 1. The molecule has 3 heterocycles. The maximum Gasteiger partial charge on any atom is 0.262 e. The van der Waals surface area contributed by atoms with E-state index in [2.05, 4.69) is 10.3 Å². The molecule has 9 heteroatoms. The van der Waals surface area contributed by atoms with E-state index in [0.29, 0.717) is 39.3 Å². The van der Waals surface area contributed by atoms with Gasteiger partial charge in [-0.15, -0.1) is 0 Å². The van der Waals surface area contributed by atoms with Crippen molar-refractivity contribution >= 4 is 29.0 Å². The molecule has 8 nitrogen and oxygen atoms in total. The van der Waals surface area contributed by atoms with Crippen molar-refractivity contribution in [2.24, 2.45) is 0 Å². The van der Waals surface area contributed by atoms with Crippen LogP contribution in [0, 0.1) is 4.77 Å². The monoisotopic (exact) mass is 425 g/mol. The quantitative estimate of drug-likeness (QED) is 0.607. The maximum atomic E-state index is 13.1. The van der Waals surface area contributed by atoms with Gasteiger partial charge in [0.15, 0.2) is 16.3 Å². The van der Waals surface area contributed by atoms with E-state index < -0.39 is 0 Å². The van der Waals surface area contributed by atoms with Crippen LogP contribution in [0.3, 0.4) is 0 Å². The van der Waals surface area contributed by atoms with Crippen molar-refractivity contribution in [1.82, 2.24) is 14.5 Å². The number of amides is 1. The van der Waals surface area contributed by atoms with Crippen molar-refractivity contribution in [3.05, 3.63) is 62.6 Å². The van der Waals surface area contributed by atoms with Gasteiger partial charge < -0.3 is 24.7 Å². The molecule has 2 aliphatic heterocycles. The molecule has 0 saturated carbocycles. The van der Waals surface area contributed by atoms with Gasteiger partial charge in [-0.25, -0.2) is 0 Å². The average molecular weight is 425 g/mol. The lowest BCUT2D eigenvalue weighted by Crippen LogP contribution is -2.89. The minimum absolute atomic E-state index is 0.0196. The number of aromatic nitrogens is 2. The van der Waals surface area contributed by atoms with E-state index in [0.717, 1.165) is 31.7 Å². The summed E-state index contributed by atoms with van der Waals surface area (Å²) in [6, 6.07) is 10.7. The molecule has 0 spiro atoms. The second kappa shape index (κ2) is 7.58. The van der Waals surface area contributed by atoms with Gasteiger partial charge in [-0.1, -0.05) is 6.07 Å². The Kier molecular flexibility index (Phi) is 4.76. The molecule has 0 aliphatic carbocycles. The second-order valence-electron chi connectivity index (χ2n) is 7.43. The van der Waals surface area contributed by atoms with Crippen LogP contribution in [0.25, 0.3) is 10.9 Å². The number of benzene rings is 2. The zero-order chi connectivity index (χ0) is 20.7. The first kappa shape index (κ1) is 18.8. The van der Waals surface area contributed by atoms with Crippen LogP contribution >= 0.6 is 12.2 Å². The number of rotatable bonds is 3. The van der Waals surface area contributed by atoms with Crippen molar-refractivity contribution in [3.63, 3.8) is 0 Å². The lowest BCUT2D eigenvalue weighted by molar-refractivity contribution is -0.661. The molecule has 2 aromatic carbocycles. The van der Waals surface area contributed by atoms with Crippen molar-refractivity contribution in [2.75, 3.05) is 33.0 Å². The fourth-order valence-corrected chi connectivity index (χ4v) is 4.15. The third-order valence-corrected chi connectivity index (χ3v) is 5.82. The van der Waals surface area contributed by atoms with E-state index in [4.69, 9.17) is 21.7 Å². The number of nitrogens with one attached hydrogen (secondary N) is 1. The smallest absolute Gasteiger partial charge is 0.262 e. The number of carbonyl (C=O) groups excluding carboxylic acids is 1. The standard InChI is InChI=1S/C21H20N4O4S/c26-19(24-7-5-22-6-8-24)14-2-3-15-16(10-14)23-21(30)25(20(15)27)11-13-1-4-17-18(9-13)29-12-28-17/h1-4,9-10,22H,5-8,11-12H2,(H,23,30)/p+1. The first-order valence-corrected chi connectivity index (χ1v) is 10.3. The molecule has 3 aromatic rings. The average Bonchev–Trinajstić information content (AvgIpc) is 3.24. The van der Waals surface area contributed by atoms with Crippen LogP contribution in [0.15, 0.2) is 41.2 Å². The molecule has 1 aromatic heterocycles. The fraction of sp³-hybridized carbons (Fsp3) is 0.286. The van der Waals surface area contributed by atoms with Gasteiger partial charge in [0, 0.05) is 5.56 Å². The highest BCUT2D eigenvalue weighted by Crippen LogP contribution is 2.32. The summed E-state index contributed by atoms with van der Waals surface area (Å²) in [5, 5.41) is 2.69. The van der Waals surface area contributed by atoms with Crippen molar-refractivity contribution in [3.8, 4) is 11.5 Å². The minimum atomic E-state index is -0.196. The topological polar surface area (TPSA) is 93.2 Å². The van der Waals surface area contributed by atoms with Gasteiger partial charge in [-0.05, 0) is 48.1 Å². The number of piperazine rings is 1. The molecule has 2 aliphatic rings. The summed E-state index contributed by atoms with van der Waals surface area (Å²) in [6.45, 7) is 3.78. The molecule has 0 unspecified atom stereocenters. The Morgan fingerprint density at radius 3 is 2.73 bits per heavy atom. The van der Waals surface area contributed by atoms with Crippen LogP contribution in [-0.4, -0.2) is 53.3 Å². The molecule has 0 atom stereocenters.